The molecule has 2 fully saturated rings. The van der Waals surface area contributed by atoms with E-state index in [0.717, 1.165) is 31.0 Å². The fraction of sp³-hybridized carbons (Fsp3) is 0.824. The SMILES string of the molecule is C=C(C)CN=C(NCC1CCS(=O)(=O)C1)N1CC(C)CC(C)C1.I. The summed E-state index contributed by atoms with van der Waals surface area (Å²) >= 11 is 0. The molecule has 0 radical (unpaired) electrons. The number of hydrogen-bond acceptors (Lipinski definition) is 3. The van der Waals surface area contributed by atoms with Crippen LogP contribution in [0.25, 0.3) is 0 Å². The van der Waals surface area contributed by atoms with Crippen LogP contribution < -0.4 is 5.32 Å². The first kappa shape index (κ1) is 21.7. The highest BCUT2D eigenvalue weighted by molar-refractivity contribution is 14.0. The van der Waals surface area contributed by atoms with Crippen molar-refractivity contribution in [2.24, 2.45) is 22.7 Å². The Morgan fingerprint density at radius 1 is 1.29 bits per heavy atom. The van der Waals surface area contributed by atoms with Gasteiger partial charge in [-0.15, -0.1) is 24.0 Å². The Bertz CT molecular complexity index is 552. The number of guanidine groups is 1. The van der Waals surface area contributed by atoms with Crippen molar-refractivity contribution in [3.8, 4) is 0 Å². The number of hydrogen-bond donors (Lipinski definition) is 1. The highest BCUT2D eigenvalue weighted by Crippen LogP contribution is 2.21. The Balaban J connectivity index is 0.00000288. The molecule has 3 atom stereocenters. The van der Waals surface area contributed by atoms with Gasteiger partial charge < -0.3 is 10.2 Å². The second-order valence-corrected chi connectivity index (χ2v) is 9.83. The first-order chi connectivity index (χ1) is 10.7. The third-order valence-corrected chi connectivity index (χ3v) is 6.38. The Morgan fingerprint density at radius 3 is 2.42 bits per heavy atom. The maximum atomic E-state index is 11.6. The largest absolute Gasteiger partial charge is 0.356 e. The van der Waals surface area contributed by atoms with Crippen LogP contribution in [-0.2, 0) is 9.84 Å². The molecule has 0 amide bonds. The lowest BCUT2D eigenvalue weighted by molar-refractivity contribution is 0.208. The Labute approximate surface area is 164 Å². The molecule has 2 heterocycles. The molecule has 2 aliphatic rings. The molecule has 5 nitrogen and oxygen atoms in total. The van der Waals surface area contributed by atoms with Gasteiger partial charge in [-0.3, -0.25) is 0 Å². The van der Waals surface area contributed by atoms with Crippen LogP contribution in [0.15, 0.2) is 17.1 Å². The molecule has 2 rings (SSSR count). The van der Waals surface area contributed by atoms with Gasteiger partial charge in [-0.05, 0) is 37.5 Å². The minimum absolute atomic E-state index is 0. The summed E-state index contributed by atoms with van der Waals surface area (Å²) in [5.41, 5.74) is 1.03. The minimum atomic E-state index is -2.82. The van der Waals surface area contributed by atoms with Gasteiger partial charge in [0.1, 0.15) is 0 Å². The van der Waals surface area contributed by atoms with Crippen molar-refractivity contribution in [1.82, 2.24) is 10.2 Å². The lowest BCUT2D eigenvalue weighted by atomic mass is 9.92. The van der Waals surface area contributed by atoms with E-state index >= 15 is 0 Å². The monoisotopic (exact) mass is 469 g/mol. The lowest BCUT2D eigenvalue weighted by Crippen LogP contribution is -2.49. The van der Waals surface area contributed by atoms with Crippen LogP contribution in [0.4, 0.5) is 0 Å². The maximum Gasteiger partial charge on any atom is 0.194 e. The van der Waals surface area contributed by atoms with E-state index in [1.165, 1.54) is 6.42 Å². The molecular formula is C17H32IN3O2S. The van der Waals surface area contributed by atoms with E-state index in [1.807, 2.05) is 6.92 Å². The topological polar surface area (TPSA) is 61.8 Å². The molecule has 0 bridgehead atoms. The molecule has 0 saturated carbocycles. The molecule has 0 aromatic carbocycles. The average Bonchev–Trinajstić information content (AvgIpc) is 2.77. The summed E-state index contributed by atoms with van der Waals surface area (Å²) in [6.07, 6.45) is 2.01. The van der Waals surface area contributed by atoms with Gasteiger partial charge in [-0.1, -0.05) is 26.0 Å². The number of likely N-dealkylation sites (tertiary alicyclic amines) is 1. The maximum absolute atomic E-state index is 11.6. The van der Waals surface area contributed by atoms with Crippen molar-refractivity contribution in [1.29, 1.82) is 0 Å². The van der Waals surface area contributed by atoms with Crippen LogP contribution in [-0.4, -0.2) is 57.0 Å². The Morgan fingerprint density at radius 2 is 1.92 bits per heavy atom. The lowest BCUT2D eigenvalue weighted by Gasteiger charge is -2.37. The molecule has 140 valence electrons. The van der Waals surface area contributed by atoms with Gasteiger partial charge in [0.25, 0.3) is 0 Å². The molecule has 7 heteroatoms. The smallest absolute Gasteiger partial charge is 0.194 e. The zero-order chi connectivity index (χ0) is 17.0. The predicted octanol–water partition coefficient (Wildman–Crippen LogP) is 2.54. The van der Waals surface area contributed by atoms with E-state index in [2.05, 4.69) is 30.6 Å². The molecular weight excluding hydrogens is 437 g/mol. The molecule has 0 aromatic heterocycles. The van der Waals surface area contributed by atoms with Gasteiger partial charge in [0, 0.05) is 19.6 Å². The number of aliphatic imine (C=N–C) groups is 1. The third-order valence-electron chi connectivity index (χ3n) is 4.54. The number of sulfone groups is 1. The van der Waals surface area contributed by atoms with Crippen molar-refractivity contribution >= 4 is 39.8 Å². The number of rotatable bonds is 4. The number of nitrogens with zero attached hydrogens (tertiary/aromatic N) is 2. The van der Waals surface area contributed by atoms with E-state index in [1.54, 1.807) is 0 Å². The summed E-state index contributed by atoms with van der Waals surface area (Å²) in [6, 6.07) is 0. The van der Waals surface area contributed by atoms with Crippen molar-refractivity contribution in [3.63, 3.8) is 0 Å². The normalized spacial score (nSPS) is 29.9. The van der Waals surface area contributed by atoms with Crippen LogP contribution in [0.1, 0.15) is 33.6 Å². The molecule has 0 aliphatic carbocycles. The van der Waals surface area contributed by atoms with E-state index in [9.17, 15) is 8.42 Å². The van der Waals surface area contributed by atoms with E-state index < -0.39 is 9.84 Å². The molecule has 2 aliphatic heterocycles. The van der Waals surface area contributed by atoms with E-state index in [4.69, 9.17) is 4.99 Å². The van der Waals surface area contributed by atoms with E-state index in [-0.39, 0.29) is 29.9 Å². The Hall–Kier alpha value is -0.310. The molecule has 0 aromatic rings. The minimum Gasteiger partial charge on any atom is -0.356 e. The zero-order valence-corrected chi connectivity index (χ0v) is 18.3. The summed E-state index contributed by atoms with van der Waals surface area (Å²) < 4.78 is 23.2. The molecule has 24 heavy (non-hydrogen) atoms. The first-order valence-corrected chi connectivity index (χ1v) is 10.5. The van der Waals surface area contributed by atoms with Crippen LogP contribution in [0.2, 0.25) is 0 Å². The molecule has 1 N–H and O–H groups in total. The summed E-state index contributed by atoms with van der Waals surface area (Å²) in [6.45, 7) is 13.8. The predicted molar refractivity (Wildman–Crippen MR) is 112 cm³/mol. The highest BCUT2D eigenvalue weighted by atomic mass is 127. The first-order valence-electron chi connectivity index (χ1n) is 8.63. The fourth-order valence-electron chi connectivity index (χ4n) is 3.58. The summed E-state index contributed by atoms with van der Waals surface area (Å²) in [5.74, 6) is 3.06. The van der Waals surface area contributed by atoms with Gasteiger partial charge in [-0.2, -0.15) is 0 Å². The van der Waals surface area contributed by atoms with Crippen LogP contribution >= 0.6 is 24.0 Å². The number of halogens is 1. The zero-order valence-electron chi connectivity index (χ0n) is 15.1. The molecule has 2 saturated heterocycles. The summed E-state index contributed by atoms with van der Waals surface area (Å²) in [4.78, 5) is 7.02. The second-order valence-electron chi connectivity index (χ2n) is 7.60. The van der Waals surface area contributed by atoms with Gasteiger partial charge in [0.05, 0.1) is 18.1 Å². The second kappa shape index (κ2) is 9.40. The average molecular weight is 469 g/mol. The van der Waals surface area contributed by atoms with Crippen LogP contribution in [0, 0.1) is 17.8 Å². The van der Waals surface area contributed by atoms with Gasteiger partial charge in [-0.25, -0.2) is 13.4 Å². The van der Waals surface area contributed by atoms with Crippen molar-refractivity contribution in [3.05, 3.63) is 12.2 Å². The molecule has 0 spiro atoms. The van der Waals surface area contributed by atoms with Gasteiger partial charge in [0.2, 0.25) is 0 Å². The standard InChI is InChI=1S/C17H31N3O2S.HI/c1-13(2)8-18-17(20-10-14(3)7-15(4)11-20)19-9-16-5-6-23(21,22)12-16;/h14-16H,1,5-12H2,2-4H3,(H,18,19);1H. The van der Waals surface area contributed by atoms with Crippen LogP contribution in [0.5, 0.6) is 0 Å². The summed E-state index contributed by atoms with van der Waals surface area (Å²) in [5, 5.41) is 3.44. The van der Waals surface area contributed by atoms with Crippen molar-refractivity contribution < 1.29 is 8.42 Å². The van der Waals surface area contributed by atoms with Gasteiger partial charge >= 0.3 is 0 Å². The van der Waals surface area contributed by atoms with E-state index in [0.29, 0.717) is 36.4 Å². The number of nitrogens with one attached hydrogen (secondary N) is 1. The molecule has 3 unspecified atom stereocenters. The van der Waals surface area contributed by atoms with Crippen LogP contribution in [0.3, 0.4) is 0 Å². The number of piperidine rings is 1. The van der Waals surface area contributed by atoms with Gasteiger partial charge in [0.15, 0.2) is 15.8 Å². The van der Waals surface area contributed by atoms with Crippen molar-refractivity contribution in [2.45, 2.75) is 33.6 Å². The fourth-order valence-corrected chi connectivity index (χ4v) is 5.44. The third kappa shape index (κ3) is 6.90. The quantitative estimate of drug-likeness (QED) is 0.298. The Kier molecular flexibility index (Phi) is 8.52. The highest BCUT2D eigenvalue weighted by Gasteiger charge is 2.29. The van der Waals surface area contributed by atoms with Crippen molar-refractivity contribution in [2.75, 3.05) is 37.7 Å². The summed E-state index contributed by atoms with van der Waals surface area (Å²) in [7, 11) is -2.82.